The van der Waals surface area contributed by atoms with Crippen molar-refractivity contribution in [1.82, 2.24) is 0 Å². The van der Waals surface area contributed by atoms with E-state index in [2.05, 4.69) is 26.0 Å². The Hall–Kier alpha value is -1.07. The first kappa shape index (κ1) is 43.0. The third-order valence-corrected chi connectivity index (χ3v) is 8.68. The molecule has 1 saturated heterocycles. The second-order valence-corrected chi connectivity index (χ2v) is 13.0. The number of aliphatic hydroxyl groups is 4. The predicted molar refractivity (Wildman–Crippen MR) is 182 cm³/mol. The topological polar surface area (TPSA) is 135 Å². The van der Waals surface area contributed by atoms with Gasteiger partial charge in [-0.25, -0.2) is 0 Å². The molecule has 1 aliphatic heterocycles. The van der Waals surface area contributed by atoms with Crippen LogP contribution in [0.4, 0.5) is 0 Å². The second-order valence-electron chi connectivity index (χ2n) is 13.0. The van der Waals surface area contributed by atoms with Crippen LogP contribution in [0.3, 0.4) is 0 Å². The lowest BCUT2D eigenvalue weighted by atomic mass is 9.99. The normalized spacial score (nSPS) is 22.4. The highest BCUT2D eigenvalue weighted by Crippen LogP contribution is 2.22. The number of ether oxygens (including phenoxy) is 4. The van der Waals surface area contributed by atoms with Gasteiger partial charge in [-0.1, -0.05) is 122 Å². The van der Waals surface area contributed by atoms with E-state index in [-0.39, 0.29) is 19.2 Å². The fourth-order valence-electron chi connectivity index (χ4n) is 5.66. The zero-order valence-corrected chi connectivity index (χ0v) is 29.3. The minimum absolute atomic E-state index is 0.113. The molecule has 0 radical (unpaired) electrons. The lowest BCUT2D eigenvalue weighted by Gasteiger charge is -2.39. The summed E-state index contributed by atoms with van der Waals surface area (Å²) in [4.78, 5) is 12.7. The molecule has 0 bridgehead atoms. The van der Waals surface area contributed by atoms with Gasteiger partial charge in [0.05, 0.1) is 19.8 Å². The summed E-state index contributed by atoms with van der Waals surface area (Å²) in [5.74, 6) is -0.323. The van der Waals surface area contributed by atoms with E-state index in [0.717, 1.165) is 44.9 Å². The molecule has 0 aromatic rings. The van der Waals surface area contributed by atoms with Gasteiger partial charge in [0.15, 0.2) is 6.29 Å². The molecule has 1 heterocycles. The average molecular weight is 659 g/mol. The molecule has 0 saturated carbocycles. The number of carbonyl (C=O) groups is 1. The van der Waals surface area contributed by atoms with Gasteiger partial charge in [-0.05, 0) is 38.5 Å². The van der Waals surface area contributed by atoms with E-state index < -0.39 is 43.4 Å². The Morgan fingerprint density at radius 2 is 1.20 bits per heavy atom. The predicted octanol–water partition coefficient (Wildman–Crippen LogP) is 6.91. The van der Waals surface area contributed by atoms with Gasteiger partial charge in [0, 0.05) is 13.0 Å². The minimum atomic E-state index is -1.53. The van der Waals surface area contributed by atoms with Crippen LogP contribution in [0.5, 0.6) is 0 Å². The summed E-state index contributed by atoms with van der Waals surface area (Å²) < 4.78 is 22.6. The van der Waals surface area contributed by atoms with Crippen molar-refractivity contribution in [2.75, 3.05) is 26.4 Å². The Labute approximate surface area is 280 Å². The van der Waals surface area contributed by atoms with E-state index in [9.17, 15) is 25.2 Å². The number of unbranched alkanes of at least 4 members (excludes halogenated alkanes) is 18. The highest BCUT2D eigenvalue weighted by molar-refractivity contribution is 5.69. The lowest BCUT2D eigenvalue weighted by molar-refractivity contribution is -0.305. The van der Waals surface area contributed by atoms with Crippen LogP contribution >= 0.6 is 0 Å². The summed E-state index contributed by atoms with van der Waals surface area (Å²) >= 11 is 0. The Kier molecular flexibility index (Phi) is 28.0. The van der Waals surface area contributed by atoms with Gasteiger partial charge in [0.25, 0.3) is 0 Å². The van der Waals surface area contributed by atoms with E-state index in [0.29, 0.717) is 13.0 Å². The van der Waals surface area contributed by atoms with Crippen LogP contribution in [0.1, 0.15) is 155 Å². The second kappa shape index (κ2) is 30.0. The summed E-state index contributed by atoms with van der Waals surface area (Å²) in [6, 6.07) is 0. The minimum Gasteiger partial charge on any atom is -0.457 e. The Morgan fingerprint density at radius 3 is 1.76 bits per heavy atom. The molecule has 272 valence electrons. The molecule has 1 fully saturated rings. The molecule has 4 N–H and O–H groups in total. The summed E-state index contributed by atoms with van der Waals surface area (Å²) in [7, 11) is 0. The van der Waals surface area contributed by atoms with E-state index in [1.165, 1.54) is 89.9 Å². The summed E-state index contributed by atoms with van der Waals surface area (Å²) in [6.45, 7) is 4.52. The SMILES string of the molecule is CCCCCCC/C=C\CCCCCCCC(=O)OC(COCCCCCCCCCCC)COC1OC(CO)C(O)C(O)C1O. The van der Waals surface area contributed by atoms with Crippen LogP contribution in [-0.2, 0) is 23.7 Å². The summed E-state index contributed by atoms with van der Waals surface area (Å²) in [5.41, 5.74) is 0. The van der Waals surface area contributed by atoms with E-state index in [1.807, 2.05) is 0 Å². The highest BCUT2D eigenvalue weighted by atomic mass is 16.7. The number of esters is 1. The third-order valence-electron chi connectivity index (χ3n) is 8.68. The lowest BCUT2D eigenvalue weighted by Crippen LogP contribution is -2.59. The first-order valence-corrected chi connectivity index (χ1v) is 18.8. The van der Waals surface area contributed by atoms with E-state index in [1.54, 1.807) is 0 Å². The van der Waals surface area contributed by atoms with Crippen molar-refractivity contribution in [3.63, 3.8) is 0 Å². The fraction of sp³-hybridized carbons (Fsp3) is 0.919. The molecule has 0 aromatic heterocycles. The molecule has 0 aromatic carbocycles. The number of aliphatic hydroxyl groups excluding tert-OH is 4. The van der Waals surface area contributed by atoms with Crippen LogP contribution in [0.15, 0.2) is 12.2 Å². The number of carbonyl (C=O) groups excluding carboxylic acids is 1. The Balaban J connectivity index is 2.34. The first-order chi connectivity index (χ1) is 22.4. The zero-order valence-electron chi connectivity index (χ0n) is 29.3. The Morgan fingerprint density at radius 1 is 0.674 bits per heavy atom. The quantitative estimate of drug-likeness (QED) is 0.0356. The van der Waals surface area contributed by atoms with Gasteiger partial charge in [-0.15, -0.1) is 0 Å². The zero-order chi connectivity index (χ0) is 33.7. The molecule has 1 aliphatic rings. The van der Waals surface area contributed by atoms with Crippen molar-refractivity contribution in [2.45, 2.75) is 192 Å². The molecule has 0 aliphatic carbocycles. The average Bonchev–Trinajstić information content (AvgIpc) is 3.05. The van der Waals surface area contributed by atoms with Crippen LogP contribution in [0.25, 0.3) is 0 Å². The van der Waals surface area contributed by atoms with Gasteiger partial charge >= 0.3 is 5.97 Å². The Bertz CT molecular complexity index is 717. The smallest absolute Gasteiger partial charge is 0.306 e. The van der Waals surface area contributed by atoms with Crippen LogP contribution in [0.2, 0.25) is 0 Å². The molecule has 9 heteroatoms. The monoisotopic (exact) mass is 659 g/mol. The molecule has 9 nitrogen and oxygen atoms in total. The van der Waals surface area contributed by atoms with Gasteiger partial charge in [0.2, 0.25) is 0 Å². The maximum absolute atomic E-state index is 12.7. The van der Waals surface area contributed by atoms with Crippen molar-refractivity contribution in [2.24, 2.45) is 0 Å². The molecule has 0 spiro atoms. The first-order valence-electron chi connectivity index (χ1n) is 18.8. The van der Waals surface area contributed by atoms with Crippen molar-refractivity contribution in [3.05, 3.63) is 12.2 Å². The van der Waals surface area contributed by atoms with Crippen molar-refractivity contribution in [3.8, 4) is 0 Å². The molecule has 6 atom stereocenters. The highest BCUT2D eigenvalue weighted by Gasteiger charge is 2.44. The number of rotatable bonds is 31. The maximum atomic E-state index is 12.7. The molecule has 46 heavy (non-hydrogen) atoms. The molecule has 6 unspecified atom stereocenters. The number of hydrogen-bond donors (Lipinski definition) is 4. The van der Waals surface area contributed by atoms with Gasteiger partial charge < -0.3 is 39.4 Å². The number of allylic oxidation sites excluding steroid dienone is 2. The van der Waals surface area contributed by atoms with Crippen molar-refractivity contribution in [1.29, 1.82) is 0 Å². The summed E-state index contributed by atoms with van der Waals surface area (Å²) in [5, 5.41) is 39.8. The van der Waals surface area contributed by atoms with Gasteiger partial charge in [-0.3, -0.25) is 4.79 Å². The van der Waals surface area contributed by atoms with Gasteiger partial charge in [0.1, 0.15) is 30.5 Å². The van der Waals surface area contributed by atoms with Crippen LogP contribution in [-0.4, -0.2) is 89.6 Å². The standard InChI is InChI=1S/C37H70O9/c1-3-5-7-9-11-13-14-15-16-17-18-20-22-24-26-33(39)45-31(29-43-27-25-23-21-19-12-10-8-6-4-2)30-44-37-36(42)35(41)34(40)32(28-38)46-37/h14-15,31-32,34-38,40-42H,3-13,16-30H2,1-2H3/b15-14-. The molecule has 1 rings (SSSR count). The molecular weight excluding hydrogens is 588 g/mol. The van der Waals surface area contributed by atoms with Crippen LogP contribution < -0.4 is 0 Å². The third kappa shape index (κ3) is 21.7. The van der Waals surface area contributed by atoms with Crippen LogP contribution in [0, 0.1) is 0 Å². The number of hydrogen-bond acceptors (Lipinski definition) is 9. The fourth-order valence-corrected chi connectivity index (χ4v) is 5.66. The maximum Gasteiger partial charge on any atom is 0.306 e. The summed E-state index contributed by atoms with van der Waals surface area (Å²) in [6.07, 6.45) is 22.4. The van der Waals surface area contributed by atoms with Gasteiger partial charge in [-0.2, -0.15) is 0 Å². The van der Waals surface area contributed by atoms with E-state index in [4.69, 9.17) is 18.9 Å². The van der Waals surface area contributed by atoms with Crippen molar-refractivity contribution < 1.29 is 44.2 Å². The molecule has 0 amide bonds. The molecular formula is C37H70O9. The largest absolute Gasteiger partial charge is 0.457 e. The van der Waals surface area contributed by atoms with E-state index >= 15 is 0 Å². The van der Waals surface area contributed by atoms with Crippen molar-refractivity contribution >= 4 is 5.97 Å².